The summed E-state index contributed by atoms with van der Waals surface area (Å²) in [5, 5.41) is 0.683. The summed E-state index contributed by atoms with van der Waals surface area (Å²) in [7, 11) is -3.45. The number of hydrogen-bond acceptors (Lipinski definition) is 3. The van der Waals surface area contributed by atoms with Crippen LogP contribution in [-0.4, -0.2) is 21.3 Å². The van der Waals surface area contributed by atoms with Gasteiger partial charge in [0.2, 0.25) is 0 Å². The number of hydrogen-bond donors (Lipinski definition) is 0. The maximum absolute atomic E-state index is 11.2. The summed E-state index contributed by atoms with van der Waals surface area (Å²) in [6.07, 6.45) is 1.76. The highest BCUT2D eigenvalue weighted by atomic mass is 35.5. The lowest BCUT2D eigenvalue weighted by atomic mass is 9.93. The van der Waals surface area contributed by atoms with E-state index in [4.69, 9.17) is 15.8 Å². The predicted molar refractivity (Wildman–Crippen MR) is 85.1 cm³/mol. The molecule has 0 amide bonds. The van der Waals surface area contributed by atoms with Crippen LogP contribution in [0.3, 0.4) is 0 Å². The van der Waals surface area contributed by atoms with Gasteiger partial charge < -0.3 is 0 Å². The summed E-state index contributed by atoms with van der Waals surface area (Å²) >= 11 is 5.88. The molecule has 0 aliphatic rings. The highest BCUT2D eigenvalue weighted by molar-refractivity contribution is 7.85. The molecule has 0 heterocycles. The first-order chi connectivity index (χ1) is 9.94. The lowest BCUT2D eigenvalue weighted by Crippen LogP contribution is -2.14. The van der Waals surface area contributed by atoms with Crippen molar-refractivity contribution in [2.75, 3.05) is 12.9 Å². The Labute approximate surface area is 130 Å². The van der Waals surface area contributed by atoms with E-state index < -0.39 is 10.1 Å². The monoisotopic (exact) mass is 324 g/mol. The van der Waals surface area contributed by atoms with Crippen molar-refractivity contribution < 1.29 is 12.6 Å². The Morgan fingerprint density at radius 2 is 1.67 bits per heavy atom. The zero-order valence-corrected chi connectivity index (χ0v) is 13.3. The Kier molecular flexibility index (Phi) is 5.39. The molecule has 0 bridgehead atoms. The summed E-state index contributed by atoms with van der Waals surface area (Å²) in [4.78, 5) is 0. The van der Waals surface area contributed by atoms with Crippen LogP contribution in [0.2, 0.25) is 5.02 Å². The van der Waals surface area contributed by atoms with E-state index in [1.807, 2.05) is 54.6 Å². The number of halogens is 1. The van der Waals surface area contributed by atoms with Crippen molar-refractivity contribution in [1.29, 1.82) is 0 Å². The van der Waals surface area contributed by atoms with Gasteiger partial charge in [0, 0.05) is 10.9 Å². The highest BCUT2D eigenvalue weighted by Gasteiger charge is 2.15. The van der Waals surface area contributed by atoms with Gasteiger partial charge in [-0.25, -0.2) is 0 Å². The summed E-state index contributed by atoms with van der Waals surface area (Å²) in [6.45, 7) is 0.130. The van der Waals surface area contributed by atoms with Gasteiger partial charge in [0.1, 0.15) is 0 Å². The third kappa shape index (κ3) is 5.50. The van der Waals surface area contributed by atoms with Crippen molar-refractivity contribution in [2.45, 2.75) is 12.3 Å². The van der Waals surface area contributed by atoms with Gasteiger partial charge in [-0.2, -0.15) is 8.42 Å². The molecule has 3 nitrogen and oxygen atoms in total. The Morgan fingerprint density at radius 3 is 2.24 bits per heavy atom. The quantitative estimate of drug-likeness (QED) is 0.762. The molecule has 0 saturated heterocycles. The third-order valence-corrected chi connectivity index (χ3v) is 3.97. The van der Waals surface area contributed by atoms with E-state index in [0.717, 1.165) is 17.4 Å². The van der Waals surface area contributed by atoms with Crippen LogP contribution in [-0.2, 0) is 20.7 Å². The summed E-state index contributed by atoms with van der Waals surface area (Å²) < 4.78 is 27.4. The van der Waals surface area contributed by atoms with Gasteiger partial charge in [-0.05, 0) is 29.7 Å². The van der Waals surface area contributed by atoms with Gasteiger partial charge in [0.05, 0.1) is 12.9 Å². The van der Waals surface area contributed by atoms with E-state index in [2.05, 4.69) is 0 Å². The molecule has 0 saturated carbocycles. The van der Waals surface area contributed by atoms with E-state index in [-0.39, 0.29) is 12.5 Å². The number of rotatable bonds is 6. The molecule has 0 radical (unpaired) electrons. The normalized spacial score (nSPS) is 13.0. The van der Waals surface area contributed by atoms with Crippen molar-refractivity contribution in [1.82, 2.24) is 0 Å². The van der Waals surface area contributed by atoms with Crippen LogP contribution in [0.1, 0.15) is 17.0 Å². The lowest BCUT2D eigenvalue weighted by Gasteiger charge is -2.17. The molecule has 2 aromatic carbocycles. The molecule has 0 fully saturated rings. The van der Waals surface area contributed by atoms with Gasteiger partial charge in [0.25, 0.3) is 10.1 Å². The molecule has 0 N–H and O–H groups in total. The fourth-order valence-electron chi connectivity index (χ4n) is 2.11. The first kappa shape index (κ1) is 16.0. The van der Waals surface area contributed by atoms with Crippen LogP contribution in [0.15, 0.2) is 54.6 Å². The van der Waals surface area contributed by atoms with E-state index in [1.54, 1.807) is 0 Å². The fourth-order valence-corrected chi connectivity index (χ4v) is 2.65. The molecule has 112 valence electrons. The van der Waals surface area contributed by atoms with E-state index in [9.17, 15) is 8.42 Å². The molecular weight excluding hydrogens is 308 g/mol. The molecule has 0 aliphatic heterocycles. The fraction of sp³-hybridized carbons (Fsp3) is 0.250. The van der Waals surface area contributed by atoms with Crippen molar-refractivity contribution >= 4 is 21.7 Å². The molecule has 0 aliphatic carbocycles. The van der Waals surface area contributed by atoms with Crippen LogP contribution >= 0.6 is 11.6 Å². The number of benzene rings is 2. The second-order valence-corrected chi connectivity index (χ2v) is 7.01. The van der Waals surface area contributed by atoms with Gasteiger partial charge in [0.15, 0.2) is 0 Å². The largest absolute Gasteiger partial charge is 0.270 e. The maximum Gasteiger partial charge on any atom is 0.264 e. The first-order valence-corrected chi connectivity index (χ1v) is 8.77. The van der Waals surface area contributed by atoms with Crippen molar-refractivity contribution in [3.63, 3.8) is 0 Å². The Bertz CT molecular complexity index is 666. The van der Waals surface area contributed by atoms with Crippen LogP contribution in [0.5, 0.6) is 0 Å². The zero-order chi connectivity index (χ0) is 15.3. The molecule has 5 heteroatoms. The minimum Gasteiger partial charge on any atom is -0.270 e. The molecule has 1 atom stereocenters. The summed E-state index contributed by atoms with van der Waals surface area (Å²) in [6, 6.07) is 17.3. The van der Waals surface area contributed by atoms with E-state index in [1.165, 1.54) is 0 Å². The minimum atomic E-state index is -3.45. The SMILES string of the molecule is CS(=O)(=O)OCC(Cc1ccc(Cl)cc1)c1ccccc1. The second kappa shape index (κ2) is 7.07. The van der Waals surface area contributed by atoms with Crippen LogP contribution < -0.4 is 0 Å². The van der Waals surface area contributed by atoms with Gasteiger partial charge in [-0.3, -0.25) is 4.18 Å². The van der Waals surface area contributed by atoms with Crippen LogP contribution in [0.4, 0.5) is 0 Å². The average Bonchev–Trinajstić information content (AvgIpc) is 2.45. The molecular formula is C16H17ClO3S. The topological polar surface area (TPSA) is 43.4 Å². The van der Waals surface area contributed by atoms with E-state index in [0.29, 0.717) is 11.4 Å². The molecule has 1 unspecified atom stereocenters. The first-order valence-electron chi connectivity index (χ1n) is 6.58. The minimum absolute atomic E-state index is 0.0258. The van der Waals surface area contributed by atoms with E-state index >= 15 is 0 Å². The Morgan fingerprint density at radius 1 is 1.05 bits per heavy atom. The zero-order valence-electron chi connectivity index (χ0n) is 11.7. The summed E-state index contributed by atoms with van der Waals surface area (Å²) in [5.74, 6) is -0.0258. The standard InChI is InChI=1S/C16H17ClO3S/c1-21(18,19)20-12-15(14-5-3-2-4-6-14)11-13-7-9-16(17)10-8-13/h2-10,15H,11-12H2,1H3. The molecule has 2 rings (SSSR count). The van der Waals surface area contributed by atoms with Gasteiger partial charge >= 0.3 is 0 Å². The average molecular weight is 325 g/mol. The highest BCUT2D eigenvalue weighted by Crippen LogP contribution is 2.23. The predicted octanol–water partition coefficient (Wildman–Crippen LogP) is 3.64. The van der Waals surface area contributed by atoms with Crippen molar-refractivity contribution in [2.24, 2.45) is 0 Å². The summed E-state index contributed by atoms with van der Waals surface area (Å²) in [5.41, 5.74) is 2.14. The molecule has 21 heavy (non-hydrogen) atoms. The van der Waals surface area contributed by atoms with Crippen molar-refractivity contribution in [3.8, 4) is 0 Å². The Balaban J connectivity index is 2.17. The third-order valence-electron chi connectivity index (χ3n) is 3.15. The smallest absolute Gasteiger partial charge is 0.264 e. The molecule has 0 aromatic heterocycles. The van der Waals surface area contributed by atoms with Gasteiger partial charge in [-0.15, -0.1) is 0 Å². The van der Waals surface area contributed by atoms with Crippen molar-refractivity contribution in [3.05, 3.63) is 70.7 Å². The Hall–Kier alpha value is -1.36. The van der Waals surface area contributed by atoms with Crippen LogP contribution in [0.25, 0.3) is 0 Å². The molecule has 0 spiro atoms. The lowest BCUT2D eigenvalue weighted by molar-refractivity contribution is 0.293. The maximum atomic E-state index is 11.2. The second-order valence-electron chi connectivity index (χ2n) is 4.93. The molecule has 2 aromatic rings. The van der Waals surface area contributed by atoms with Crippen LogP contribution in [0, 0.1) is 0 Å². The van der Waals surface area contributed by atoms with Gasteiger partial charge in [-0.1, -0.05) is 54.1 Å².